The van der Waals surface area contributed by atoms with Crippen LogP contribution in [0.1, 0.15) is 16.1 Å². The molecule has 9 nitrogen and oxygen atoms in total. The van der Waals surface area contributed by atoms with Gasteiger partial charge in [-0.15, -0.1) is 22.0 Å². The molecule has 0 aliphatic rings. The number of rotatable bonds is 5. The van der Waals surface area contributed by atoms with E-state index < -0.39 is 5.97 Å². The minimum absolute atomic E-state index is 0.0610. The topological polar surface area (TPSA) is 105 Å². The molecule has 3 aromatic heterocycles. The van der Waals surface area contributed by atoms with Crippen LogP contribution in [0.15, 0.2) is 53.6 Å². The normalized spacial score (nSPS) is 10.8. The van der Waals surface area contributed by atoms with Crippen LogP contribution in [0.2, 0.25) is 0 Å². The summed E-state index contributed by atoms with van der Waals surface area (Å²) in [4.78, 5) is 24.6. The van der Waals surface area contributed by atoms with Crippen LogP contribution >= 0.6 is 11.8 Å². The largest absolute Gasteiger partial charge is 0.423 e. The summed E-state index contributed by atoms with van der Waals surface area (Å²) >= 11 is 1.55. The molecule has 0 saturated carbocycles. The van der Waals surface area contributed by atoms with Crippen molar-refractivity contribution in [2.75, 3.05) is 6.26 Å². The molecule has 4 rings (SSSR count). The SMILES string of the molecule is CSc1cccc(OC(=O)c2cc(C)nnc2On2nnc3cccnc32)c1. The van der Waals surface area contributed by atoms with E-state index in [0.717, 1.165) is 9.74 Å². The number of hydrogen-bond acceptors (Lipinski definition) is 9. The molecule has 0 aliphatic heterocycles. The van der Waals surface area contributed by atoms with Crippen LogP contribution in [0, 0.1) is 6.92 Å². The zero-order valence-electron chi connectivity index (χ0n) is 14.9. The van der Waals surface area contributed by atoms with Crippen molar-refractivity contribution in [2.45, 2.75) is 11.8 Å². The fraction of sp³-hybridized carbons (Fsp3) is 0.111. The second-order valence-corrected chi connectivity index (χ2v) is 6.55. The predicted molar refractivity (Wildman–Crippen MR) is 101 cm³/mol. The first-order chi connectivity index (χ1) is 13.6. The van der Waals surface area contributed by atoms with E-state index in [4.69, 9.17) is 9.57 Å². The zero-order valence-corrected chi connectivity index (χ0v) is 15.8. The average molecular weight is 394 g/mol. The summed E-state index contributed by atoms with van der Waals surface area (Å²) in [6.45, 7) is 1.72. The van der Waals surface area contributed by atoms with Gasteiger partial charge in [0.25, 0.3) is 5.88 Å². The Morgan fingerprint density at radius 1 is 1.11 bits per heavy atom. The second-order valence-electron chi connectivity index (χ2n) is 5.67. The van der Waals surface area contributed by atoms with E-state index in [1.807, 2.05) is 18.4 Å². The van der Waals surface area contributed by atoms with E-state index in [9.17, 15) is 4.79 Å². The Morgan fingerprint density at radius 2 is 2.00 bits per heavy atom. The number of hydrogen-bond donors (Lipinski definition) is 0. The van der Waals surface area contributed by atoms with Gasteiger partial charge < -0.3 is 9.57 Å². The van der Waals surface area contributed by atoms with Gasteiger partial charge in [-0.05, 0) is 54.8 Å². The van der Waals surface area contributed by atoms with Crippen LogP contribution in [0.4, 0.5) is 0 Å². The number of fused-ring (bicyclic) bond motifs is 1. The first-order valence-corrected chi connectivity index (χ1v) is 9.42. The van der Waals surface area contributed by atoms with Gasteiger partial charge in [-0.25, -0.2) is 9.78 Å². The maximum absolute atomic E-state index is 12.7. The number of thioether (sulfide) groups is 1. The highest BCUT2D eigenvalue weighted by Gasteiger charge is 2.20. The highest BCUT2D eigenvalue weighted by atomic mass is 32.2. The Morgan fingerprint density at radius 3 is 2.86 bits per heavy atom. The Labute approximate surface area is 163 Å². The number of aromatic nitrogens is 6. The molecule has 0 unspecified atom stereocenters. The van der Waals surface area contributed by atoms with Gasteiger partial charge >= 0.3 is 5.97 Å². The summed E-state index contributed by atoms with van der Waals surface area (Å²) in [5, 5.41) is 15.7. The van der Waals surface area contributed by atoms with Crippen molar-refractivity contribution < 1.29 is 14.4 Å². The summed E-state index contributed by atoms with van der Waals surface area (Å²) in [6, 6.07) is 12.2. The third kappa shape index (κ3) is 3.62. The molecule has 0 aliphatic carbocycles. The van der Waals surface area contributed by atoms with Gasteiger partial charge in [-0.3, -0.25) is 0 Å². The van der Waals surface area contributed by atoms with E-state index in [0.29, 0.717) is 22.6 Å². The lowest BCUT2D eigenvalue weighted by atomic mass is 10.2. The van der Waals surface area contributed by atoms with Crippen LogP contribution in [0.3, 0.4) is 0 Å². The standard InChI is InChI=1S/C18H14N6O3S/c1-11-9-14(18(25)26-12-5-3-6-13(10-12)28-2)17(22-20-11)27-24-16-15(21-23-24)7-4-8-19-16/h3-10H,1-2H3. The number of esters is 1. The molecule has 0 N–H and O–H groups in total. The maximum Gasteiger partial charge on any atom is 0.349 e. The van der Waals surface area contributed by atoms with Crippen molar-refractivity contribution in [1.82, 2.24) is 30.3 Å². The van der Waals surface area contributed by atoms with E-state index in [1.54, 1.807) is 49.1 Å². The fourth-order valence-electron chi connectivity index (χ4n) is 2.41. The van der Waals surface area contributed by atoms with Gasteiger partial charge in [0.2, 0.25) is 5.65 Å². The lowest BCUT2D eigenvalue weighted by Crippen LogP contribution is -2.16. The van der Waals surface area contributed by atoms with Crippen LogP contribution in [-0.2, 0) is 0 Å². The quantitative estimate of drug-likeness (QED) is 0.287. The molecule has 0 bridgehead atoms. The molecule has 140 valence electrons. The number of carbonyl (C=O) groups is 1. The number of ether oxygens (including phenoxy) is 1. The van der Waals surface area contributed by atoms with E-state index in [1.165, 1.54) is 6.07 Å². The number of nitrogens with zero attached hydrogens (tertiary/aromatic N) is 6. The van der Waals surface area contributed by atoms with E-state index >= 15 is 0 Å². The van der Waals surface area contributed by atoms with Crippen molar-refractivity contribution in [3.8, 4) is 11.6 Å². The fourth-order valence-corrected chi connectivity index (χ4v) is 2.86. The lowest BCUT2D eigenvalue weighted by Gasteiger charge is -2.09. The molecular weight excluding hydrogens is 380 g/mol. The third-order valence-corrected chi connectivity index (χ3v) is 4.43. The van der Waals surface area contributed by atoms with Gasteiger partial charge in [0.1, 0.15) is 16.8 Å². The maximum atomic E-state index is 12.7. The summed E-state index contributed by atoms with van der Waals surface area (Å²) < 4.78 is 5.48. The smallest absolute Gasteiger partial charge is 0.349 e. The molecule has 0 spiro atoms. The van der Waals surface area contributed by atoms with Gasteiger partial charge in [-0.1, -0.05) is 10.9 Å². The molecule has 3 heterocycles. The van der Waals surface area contributed by atoms with Gasteiger partial charge in [-0.2, -0.15) is 5.10 Å². The molecular formula is C18H14N6O3S. The molecule has 28 heavy (non-hydrogen) atoms. The van der Waals surface area contributed by atoms with Crippen molar-refractivity contribution in [1.29, 1.82) is 0 Å². The summed E-state index contributed by atoms with van der Waals surface area (Å²) in [6.07, 6.45) is 3.53. The van der Waals surface area contributed by atoms with Gasteiger partial charge in [0, 0.05) is 11.1 Å². The molecule has 0 atom stereocenters. The molecule has 0 saturated heterocycles. The monoisotopic (exact) mass is 394 g/mol. The Bertz CT molecular complexity index is 1160. The van der Waals surface area contributed by atoms with Crippen molar-refractivity contribution >= 4 is 28.9 Å². The first kappa shape index (κ1) is 17.9. The van der Waals surface area contributed by atoms with Gasteiger partial charge in [0.15, 0.2) is 0 Å². The minimum atomic E-state index is -0.622. The first-order valence-electron chi connectivity index (χ1n) is 8.19. The highest BCUT2D eigenvalue weighted by molar-refractivity contribution is 7.98. The van der Waals surface area contributed by atoms with Crippen LogP contribution in [-0.4, -0.2) is 42.6 Å². The lowest BCUT2D eigenvalue weighted by molar-refractivity contribution is 0.0721. The number of aryl methyl sites for hydroxylation is 1. The van der Waals surface area contributed by atoms with Crippen LogP contribution in [0.25, 0.3) is 11.2 Å². The van der Waals surface area contributed by atoms with Crippen molar-refractivity contribution in [2.24, 2.45) is 0 Å². The predicted octanol–water partition coefficient (Wildman–Crippen LogP) is 2.71. The third-order valence-electron chi connectivity index (χ3n) is 3.71. The summed E-state index contributed by atoms with van der Waals surface area (Å²) in [7, 11) is 0. The second kappa shape index (κ2) is 7.61. The highest BCUT2D eigenvalue weighted by Crippen LogP contribution is 2.23. The van der Waals surface area contributed by atoms with E-state index in [-0.39, 0.29) is 11.4 Å². The molecule has 4 aromatic rings. The molecule has 0 radical (unpaired) electrons. The number of benzene rings is 1. The summed E-state index contributed by atoms with van der Waals surface area (Å²) in [5.41, 5.74) is 1.58. The Hall–Kier alpha value is -3.53. The summed E-state index contributed by atoms with van der Waals surface area (Å²) in [5.74, 6) is -0.261. The average Bonchev–Trinajstić information content (AvgIpc) is 3.12. The number of carbonyl (C=O) groups excluding carboxylic acids is 1. The van der Waals surface area contributed by atoms with Crippen LogP contribution in [0.5, 0.6) is 11.6 Å². The number of pyridine rings is 1. The van der Waals surface area contributed by atoms with Crippen molar-refractivity contribution in [3.63, 3.8) is 0 Å². The Balaban J connectivity index is 1.65. The molecule has 0 fully saturated rings. The van der Waals surface area contributed by atoms with Crippen LogP contribution < -0.4 is 9.57 Å². The molecule has 10 heteroatoms. The van der Waals surface area contributed by atoms with Crippen molar-refractivity contribution in [3.05, 3.63) is 59.9 Å². The minimum Gasteiger partial charge on any atom is -0.423 e. The molecule has 1 aromatic carbocycles. The molecule has 0 amide bonds. The van der Waals surface area contributed by atoms with E-state index in [2.05, 4.69) is 25.5 Å². The Kier molecular flexibility index (Phi) is 4.85. The van der Waals surface area contributed by atoms with Gasteiger partial charge in [0.05, 0.1) is 5.69 Å². The zero-order chi connectivity index (χ0) is 19.5.